The Hall–Kier alpha value is -0.570. The maximum Gasteiger partial charge on any atom is 0.312 e. The molecule has 0 saturated heterocycles. The number of methoxy groups -OCH3 is 1. The first-order valence-corrected chi connectivity index (χ1v) is 3.83. The maximum atomic E-state index is 11.2. The Bertz CT molecular complexity index is 136. The van der Waals surface area contributed by atoms with Gasteiger partial charge in [0.05, 0.1) is 12.5 Å². The zero-order valence-electron chi connectivity index (χ0n) is 7.73. The van der Waals surface area contributed by atoms with Gasteiger partial charge < -0.3 is 10.1 Å². The van der Waals surface area contributed by atoms with Gasteiger partial charge in [-0.15, -0.1) is 0 Å². The molecule has 0 aliphatic carbocycles. The van der Waals surface area contributed by atoms with Crippen LogP contribution in [0.1, 0.15) is 20.3 Å². The van der Waals surface area contributed by atoms with Crippen LogP contribution < -0.4 is 5.32 Å². The van der Waals surface area contributed by atoms with Crippen LogP contribution in [0.25, 0.3) is 0 Å². The number of hydrogen-bond donors (Lipinski definition) is 1. The van der Waals surface area contributed by atoms with Gasteiger partial charge in [0.15, 0.2) is 0 Å². The number of ether oxygens (including phenoxy) is 1. The van der Waals surface area contributed by atoms with Gasteiger partial charge in [0.25, 0.3) is 0 Å². The molecule has 3 nitrogen and oxygen atoms in total. The van der Waals surface area contributed by atoms with Crippen LogP contribution in [0.2, 0.25) is 0 Å². The van der Waals surface area contributed by atoms with Crippen molar-refractivity contribution in [2.75, 3.05) is 20.7 Å². The second kappa shape index (κ2) is 4.34. The van der Waals surface area contributed by atoms with Gasteiger partial charge in [-0.1, -0.05) is 6.92 Å². The van der Waals surface area contributed by atoms with Crippen molar-refractivity contribution in [3.05, 3.63) is 0 Å². The van der Waals surface area contributed by atoms with Crippen LogP contribution in [-0.4, -0.2) is 26.7 Å². The highest BCUT2D eigenvalue weighted by atomic mass is 16.5. The third kappa shape index (κ3) is 2.50. The molecule has 0 aromatic carbocycles. The highest BCUT2D eigenvalue weighted by Gasteiger charge is 2.31. The number of nitrogens with one attached hydrogen (secondary N) is 1. The summed E-state index contributed by atoms with van der Waals surface area (Å²) in [6.45, 7) is 4.54. The highest BCUT2D eigenvalue weighted by Crippen LogP contribution is 2.21. The lowest BCUT2D eigenvalue weighted by Gasteiger charge is -2.24. The molecule has 1 N–H and O–H groups in total. The van der Waals surface area contributed by atoms with Gasteiger partial charge >= 0.3 is 5.97 Å². The molecule has 0 amide bonds. The molecule has 0 aromatic rings. The quantitative estimate of drug-likeness (QED) is 0.616. The van der Waals surface area contributed by atoms with E-state index in [1.165, 1.54) is 7.11 Å². The van der Waals surface area contributed by atoms with E-state index in [9.17, 15) is 4.79 Å². The van der Waals surface area contributed by atoms with Crippen molar-refractivity contribution in [2.45, 2.75) is 20.3 Å². The predicted octanol–water partition coefficient (Wildman–Crippen LogP) is 0.795. The van der Waals surface area contributed by atoms with Crippen LogP contribution in [0.4, 0.5) is 0 Å². The number of carbonyl (C=O) groups excluding carboxylic acids is 1. The maximum absolute atomic E-state index is 11.2. The van der Waals surface area contributed by atoms with Crippen molar-refractivity contribution in [3.8, 4) is 0 Å². The van der Waals surface area contributed by atoms with E-state index in [1.54, 1.807) is 0 Å². The fraction of sp³-hybridized carbons (Fsp3) is 0.875. The normalized spacial score (nSPS) is 15.6. The molecule has 0 fully saturated rings. The Morgan fingerprint density at radius 1 is 1.64 bits per heavy atom. The summed E-state index contributed by atoms with van der Waals surface area (Å²) in [6, 6.07) is 0. The number of carbonyl (C=O) groups is 1. The zero-order valence-corrected chi connectivity index (χ0v) is 7.73. The van der Waals surface area contributed by atoms with E-state index in [0.717, 1.165) is 6.42 Å². The first-order valence-electron chi connectivity index (χ1n) is 3.83. The van der Waals surface area contributed by atoms with Crippen LogP contribution in [-0.2, 0) is 9.53 Å². The second-order valence-corrected chi connectivity index (χ2v) is 2.94. The molecule has 3 heteroatoms. The van der Waals surface area contributed by atoms with Crippen molar-refractivity contribution >= 4 is 5.97 Å². The van der Waals surface area contributed by atoms with E-state index in [1.807, 2.05) is 20.9 Å². The van der Waals surface area contributed by atoms with Crippen molar-refractivity contribution in [2.24, 2.45) is 5.41 Å². The molecule has 0 bridgehead atoms. The Labute approximate surface area is 68.1 Å². The van der Waals surface area contributed by atoms with Crippen LogP contribution in [0.5, 0.6) is 0 Å². The third-order valence-corrected chi connectivity index (χ3v) is 2.03. The van der Waals surface area contributed by atoms with Gasteiger partial charge in [-0.2, -0.15) is 0 Å². The Kier molecular flexibility index (Phi) is 4.11. The average Bonchev–Trinajstić information content (AvgIpc) is 2.03. The summed E-state index contributed by atoms with van der Waals surface area (Å²) in [6.07, 6.45) is 0.792. The minimum absolute atomic E-state index is 0.144. The molecular formula is C8H17NO2. The van der Waals surface area contributed by atoms with E-state index >= 15 is 0 Å². The monoisotopic (exact) mass is 159 g/mol. The Balaban J connectivity index is 4.19. The molecule has 66 valence electrons. The van der Waals surface area contributed by atoms with Crippen LogP contribution in [0.15, 0.2) is 0 Å². The predicted molar refractivity (Wildman–Crippen MR) is 44.3 cm³/mol. The molecule has 0 saturated carbocycles. The van der Waals surface area contributed by atoms with E-state index in [2.05, 4.69) is 10.1 Å². The molecule has 0 rings (SSSR count). The number of hydrogen-bond acceptors (Lipinski definition) is 3. The molecule has 0 radical (unpaired) electrons. The van der Waals surface area contributed by atoms with E-state index in [-0.39, 0.29) is 11.4 Å². The lowest BCUT2D eigenvalue weighted by molar-refractivity contribution is -0.151. The summed E-state index contributed by atoms with van der Waals surface area (Å²) in [5.41, 5.74) is -0.372. The largest absolute Gasteiger partial charge is 0.469 e. The van der Waals surface area contributed by atoms with Crippen molar-refractivity contribution in [3.63, 3.8) is 0 Å². The van der Waals surface area contributed by atoms with Gasteiger partial charge in [0, 0.05) is 6.54 Å². The van der Waals surface area contributed by atoms with Crippen LogP contribution in [0.3, 0.4) is 0 Å². The number of esters is 1. The molecule has 0 aliphatic heterocycles. The van der Waals surface area contributed by atoms with E-state index < -0.39 is 0 Å². The summed E-state index contributed by atoms with van der Waals surface area (Å²) in [5, 5.41) is 2.97. The Morgan fingerprint density at radius 3 is 2.45 bits per heavy atom. The summed E-state index contributed by atoms with van der Waals surface area (Å²) in [4.78, 5) is 11.2. The topological polar surface area (TPSA) is 38.3 Å². The molecule has 1 atom stereocenters. The molecule has 11 heavy (non-hydrogen) atoms. The van der Waals surface area contributed by atoms with Gasteiger partial charge in [-0.25, -0.2) is 0 Å². The lowest BCUT2D eigenvalue weighted by Crippen LogP contribution is -2.37. The molecule has 1 unspecified atom stereocenters. The summed E-state index contributed by atoms with van der Waals surface area (Å²) >= 11 is 0. The number of rotatable bonds is 4. The lowest BCUT2D eigenvalue weighted by atomic mass is 9.88. The minimum Gasteiger partial charge on any atom is -0.469 e. The summed E-state index contributed by atoms with van der Waals surface area (Å²) in [5.74, 6) is -0.144. The molecule has 0 aromatic heterocycles. The SMILES string of the molecule is CCC(C)(CNC)C(=O)OC. The Morgan fingerprint density at radius 2 is 2.18 bits per heavy atom. The fourth-order valence-corrected chi connectivity index (χ4v) is 0.978. The molecule has 0 heterocycles. The fourth-order valence-electron chi connectivity index (χ4n) is 0.978. The van der Waals surface area contributed by atoms with Crippen molar-refractivity contribution < 1.29 is 9.53 Å². The summed E-state index contributed by atoms with van der Waals surface area (Å²) in [7, 11) is 3.25. The van der Waals surface area contributed by atoms with Gasteiger partial charge in [0.1, 0.15) is 0 Å². The standard InChI is InChI=1S/C8H17NO2/c1-5-8(2,6-9-3)7(10)11-4/h9H,5-6H2,1-4H3. The average molecular weight is 159 g/mol. The van der Waals surface area contributed by atoms with E-state index in [4.69, 9.17) is 0 Å². The first-order chi connectivity index (χ1) is 5.10. The van der Waals surface area contributed by atoms with Gasteiger partial charge in [-0.3, -0.25) is 4.79 Å². The zero-order chi connectivity index (χ0) is 8.91. The van der Waals surface area contributed by atoms with Gasteiger partial charge in [0.2, 0.25) is 0 Å². The third-order valence-electron chi connectivity index (χ3n) is 2.03. The van der Waals surface area contributed by atoms with E-state index in [0.29, 0.717) is 6.54 Å². The summed E-state index contributed by atoms with van der Waals surface area (Å²) < 4.78 is 4.68. The van der Waals surface area contributed by atoms with Gasteiger partial charge in [-0.05, 0) is 20.4 Å². The first kappa shape index (κ1) is 10.4. The van der Waals surface area contributed by atoms with Crippen molar-refractivity contribution in [1.29, 1.82) is 0 Å². The van der Waals surface area contributed by atoms with Crippen LogP contribution >= 0.6 is 0 Å². The smallest absolute Gasteiger partial charge is 0.312 e. The molecule has 0 spiro atoms. The van der Waals surface area contributed by atoms with Crippen LogP contribution in [0, 0.1) is 5.41 Å². The molecular weight excluding hydrogens is 142 g/mol. The minimum atomic E-state index is -0.372. The highest BCUT2D eigenvalue weighted by molar-refractivity contribution is 5.76. The van der Waals surface area contributed by atoms with Crippen molar-refractivity contribution in [1.82, 2.24) is 5.32 Å². The second-order valence-electron chi connectivity index (χ2n) is 2.94. The molecule has 0 aliphatic rings.